The van der Waals surface area contributed by atoms with Gasteiger partial charge in [0.1, 0.15) is 0 Å². The summed E-state index contributed by atoms with van der Waals surface area (Å²) in [6.45, 7) is 2.42. The molecule has 5 nitrogen and oxygen atoms in total. The van der Waals surface area contributed by atoms with Crippen molar-refractivity contribution in [3.63, 3.8) is 0 Å². The van der Waals surface area contributed by atoms with E-state index in [2.05, 4.69) is 0 Å². The number of non-ortho nitro benzene ring substituents is 1. The molecule has 0 radical (unpaired) electrons. The Balaban J connectivity index is 1.65. The number of nitro groups is 1. The third-order valence-electron chi connectivity index (χ3n) is 4.51. The molecular formula is C15H19FN2O3. The Morgan fingerprint density at radius 3 is 2.62 bits per heavy atom. The molecule has 0 aliphatic carbocycles. The number of halogens is 1. The van der Waals surface area contributed by atoms with Crippen LogP contribution in [0.25, 0.3) is 0 Å². The zero-order valence-electron chi connectivity index (χ0n) is 11.8. The van der Waals surface area contributed by atoms with Crippen molar-refractivity contribution in [2.45, 2.75) is 31.8 Å². The minimum Gasteiger partial charge on any atom is -0.378 e. The van der Waals surface area contributed by atoms with E-state index in [1.54, 1.807) is 0 Å². The van der Waals surface area contributed by atoms with Gasteiger partial charge in [0.05, 0.1) is 22.8 Å². The fraction of sp³-hybridized carbons (Fsp3) is 0.600. The third kappa shape index (κ3) is 3.00. The van der Waals surface area contributed by atoms with E-state index in [9.17, 15) is 14.5 Å². The minimum atomic E-state index is -0.573. The second kappa shape index (κ2) is 5.97. The smallest absolute Gasteiger partial charge is 0.272 e. The number of hydrogen-bond donors (Lipinski definition) is 0. The average molecular weight is 294 g/mol. The minimum absolute atomic E-state index is 0.203. The lowest BCUT2D eigenvalue weighted by atomic mass is 9.89. The number of piperidine rings is 1. The Hall–Kier alpha value is -1.69. The summed E-state index contributed by atoms with van der Waals surface area (Å²) in [6, 6.07) is 3.88. The predicted octanol–water partition coefficient (Wildman–Crippen LogP) is 3.13. The lowest BCUT2D eigenvalue weighted by Crippen LogP contribution is -2.38. The highest BCUT2D eigenvalue weighted by Crippen LogP contribution is 2.32. The third-order valence-corrected chi connectivity index (χ3v) is 4.51. The van der Waals surface area contributed by atoms with Gasteiger partial charge in [-0.25, -0.2) is 4.39 Å². The molecule has 1 aromatic carbocycles. The van der Waals surface area contributed by atoms with Gasteiger partial charge in [-0.3, -0.25) is 10.1 Å². The van der Waals surface area contributed by atoms with Gasteiger partial charge >= 0.3 is 0 Å². The van der Waals surface area contributed by atoms with Crippen LogP contribution in [0.2, 0.25) is 0 Å². The maximum Gasteiger partial charge on any atom is 0.272 e. The largest absolute Gasteiger partial charge is 0.378 e. The second-order valence-electron chi connectivity index (χ2n) is 5.77. The van der Waals surface area contributed by atoms with Crippen LogP contribution >= 0.6 is 0 Å². The molecule has 0 bridgehead atoms. The van der Waals surface area contributed by atoms with Gasteiger partial charge in [-0.15, -0.1) is 0 Å². The summed E-state index contributed by atoms with van der Waals surface area (Å²) in [5.74, 6) is 0.0459. The van der Waals surface area contributed by atoms with Gasteiger partial charge in [0, 0.05) is 25.8 Å². The van der Waals surface area contributed by atoms with Crippen LogP contribution < -0.4 is 4.90 Å². The SMILES string of the molecule is O=[N+]([O-])c1ccc(N2CCC(C3CCCO3)CC2)c(F)c1. The zero-order chi connectivity index (χ0) is 14.8. The highest BCUT2D eigenvalue weighted by Gasteiger charge is 2.30. The molecule has 0 saturated carbocycles. The van der Waals surface area contributed by atoms with E-state index in [0.29, 0.717) is 17.7 Å². The topological polar surface area (TPSA) is 55.6 Å². The number of benzene rings is 1. The molecule has 1 atom stereocenters. The molecule has 6 heteroatoms. The molecule has 114 valence electrons. The average Bonchev–Trinajstić information content (AvgIpc) is 3.01. The number of nitro benzene ring substituents is 1. The van der Waals surface area contributed by atoms with Gasteiger partial charge in [-0.2, -0.15) is 0 Å². The normalized spacial score (nSPS) is 23.5. The van der Waals surface area contributed by atoms with Crippen LogP contribution in [0.3, 0.4) is 0 Å². The first kappa shape index (κ1) is 14.3. The summed E-state index contributed by atoms with van der Waals surface area (Å²) < 4.78 is 19.8. The Kier molecular flexibility index (Phi) is 4.05. The lowest BCUT2D eigenvalue weighted by molar-refractivity contribution is -0.385. The number of ether oxygens (including phenoxy) is 1. The van der Waals surface area contributed by atoms with Gasteiger partial charge in [-0.1, -0.05) is 0 Å². The number of hydrogen-bond acceptors (Lipinski definition) is 4. The highest BCUT2D eigenvalue weighted by molar-refractivity contribution is 5.52. The summed E-state index contributed by atoms with van der Waals surface area (Å²) in [7, 11) is 0. The number of anilines is 1. The summed E-state index contributed by atoms with van der Waals surface area (Å²) in [5.41, 5.74) is 0.261. The Bertz CT molecular complexity index is 524. The Labute approximate surface area is 122 Å². The monoisotopic (exact) mass is 294 g/mol. The fourth-order valence-corrected chi connectivity index (χ4v) is 3.35. The standard InChI is InChI=1S/C15H19FN2O3/c16-13-10-12(18(19)20)3-4-14(13)17-7-5-11(6-8-17)15-2-1-9-21-15/h3-4,10-11,15H,1-2,5-9H2. The Morgan fingerprint density at radius 2 is 2.05 bits per heavy atom. The van der Waals surface area contributed by atoms with Crippen LogP contribution in [-0.4, -0.2) is 30.7 Å². The molecule has 1 aromatic rings. The maximum atomic E-state index is 14.0. The van der Waals surface area contributed by atoms with E-state index in [-0.39, 0.29) is 5.69 Å². The fourth-order valence-electron chi connectivity index (χ4n) is 3.35. The summed E-state index contributed by atoms with van der Waals surface area (Å²) in [4.78, 5) is 12.0. The van der Waals surface area contributed by atoms with Gasteiger partial charge < -0.3 is 9.64 Å². The van der Waals surface area contributed by atoms with Crippen LogP contribution in [0.1, 0.15) is 25.7 Å². The van der Waals surface area contributed by atoms with E-state index in [1.807, 2.05) is 4.90 Å². The highest BCUT2D eigenvalue weighted by atomic mass is 19.1. The molecule has 3 rings (SSSR count). The zero-order valence-corrected chi connectivity index (χ0v) is 11.8. The van der Waals surface area contributed by atoms with E-state index in [4.69, 9.17) is 4.74 Å². The van der Waals surface area contributed by atoms with Crippen molar-refractivity contribution < 1.29 is 14.1 Å². The number of rotatable bonds is 3. The maximum absolute atomic E-state index is 14.0. The van der Waals surface area contributed by atoms with Crippen LogP contribution in [0.15, 0.2) is 18.2 Å². The van der Waals surface area contributed by atoms with Crippen LogP contribution in [-0.2, 0) is 4.74 Å². The molecule has 0 N–H and O–H groups in total. The molecule has 0 aromatic heterocycles. The molecular weight excluding hydrogens is 275 g/mol. The lowest BCUT2D eigenvalue weighted by Gasteiger charge is -2.35. The van der Waals surface area contributed by atoms with E-state index in [0.717, 1.165) is 51.4 Å². The molecule has 0 spiro atoms. The van der Waals surface area contributed by atoms with Crippen LogP contribution in [0, 0.1) is 21.8 Å². The van der Waals surface area contributed by atoms with Crippen molar-refractivity contribution in [2.75, 3.05) is 24.6 Å². The first-order valence-corrected chi connectivity index (χ1v) is 7.45. The van der Waals surface area contributed by atoms with Crippen molar-refractivity contribution in [2.24, 2.45) is 5.92 Å². The van der Waals surface area contributed by atoms with Crippen LogP contribution in [0.5, 0.6) is 0 Å². The van der Waals surface area contributed by atoms with Gasteiger partial charge in [0.25, 0.3) is 5.69 Å². The van der Waals surface area contributed by atoms with Crippen molar-refractivity contribution in [3.05, 3.63) is 34.1 Å². The van der Waals surface area contributed by atoms with Crippen molar-refractivity contribution in [1.29, 1.82) is 0 Å². The van der Waals surface area contributed by atoms with Gasteiger partial charge in [0.2, 0.25) is 0 Å². The van der Waals surface area contributed by atoms with Crippen molar-refractivity contribution in [3.8, 4) is 0 Å². The van der Waals surface area contributed by atoms with Gasteiger partial charge in [0.15, 0.2) is 5.82 Å². The van der Waals surface area contributed by atoms with E-state index in [1.165, 1.54) is 12.1 Å². The molecule has 2 aliphatic rings. The molecule has 2 fully saturated rings. The summed E-state index contributed by atoms with van der Waals surface area (Å²) in [6.07, 6.45) is 4.62. The molecule has 2 heterocycles. The molecule has 2 aliphatic heterocycles. The molecule has 1 unspecified atom stereocenters. The first-order valence-electron chi connectivity index (χ1n) is 7.45. The van der Waals surface area contributed by atoms with E-state index >= 15 is 0 Å². The predicted molar refractivity (Wildman–Crippen MR) is 77.0 cm³/mol. The van der Waals surface area contributed by atoms with Crippen molar-refractivity contribution >= 4 is 11.4 Å². The van der Waals surface area contributed by atoms with Gasteiger partial charge in [-0.05, 0) is 37.7 Å². The van der Waals surface area contributed by atoms with E-state index < -0.39 is 10.7 Å². The second-order valence-corrected chi connectivity index (χ2v) is 5.77. The quantitative estimate of drug-likeness (QED) is 0.635. The number of nitrogens with zero attached hydrogens (tertiary/aromatic N) is 2. The molecule has 0 amide bonds. The Morgan fingerprint density at radius 1 is 1.29 bits per heavy atom. The first-order chi connectivity index (χ1) is 10.1. The van der Waals surface area contributed by atoms with Crippen molar-refractivity contribution in [1.82, 2.24) is 0 Å². The molecule has 2 saturated heterocycles. The summed E-state index contributed by atoms with van der Waals surface area (Å²) >= 11 is 0. The van der Waals surface area contributed by atoms with Crippen LogP contribution in [0.4, 0.5) is 15.8 Å². The summed E-state index contributed by atoms with van der Waals surface area (Å²) in [5, 5.41) is 10.6. The molecule has 21 heavy (non-hydrogen) atoms.